The minimum Gasteiger partial charge on any atom is -0.464 e. The third-order valence-corrected chi connectivity index (χ3v) is 3.23. The number of H-pyrrole nitrogens is 1. The maximum atomic E-state index is 11.6. The molecule has 0 bridgehead atoms. The Labute approximate surface area is 101 Å². The summed E-state index contributed by atoms with van der Waals surface area (Å²) in [4.78, 5) is 18.4. The minimum atomic E-state index is -0.600. The number of carbonyl (C=O) groups excluding carboxylic acids is 1. The van der Waals surface area contributed by atoms with Crippen LogP contribution in [0.1, 0.15) is 31.4 Å². The van der Waals surface area contributed by atoms with Gasteiger partial charge in [0.1, 0.15) is 6.04 Å². The number of nitrogens with one attached hydrogen (secondary N) is 1. The molecule has 1 aliphatic carbocycles. The maximum Gasteiger partial charge on any atom is 0.323 e. The molecular formula is C12H19N3O2. The lowest BCUT2D eigenvalue weighted by atomic mass is 10.1. The molecule has 1 aromatic rings. The van der Waals surface area contributed by atoms with Gasteiger partial charge in [-0.25, -0.2) is 4.98 Å². The highest BCUT2D eigenvalue weighted by Gasteiger charge is 2.20. The van der Waals surface area contributed by atoms with Crippen molar-refractivity contribution in [1.29, 1.82) is 0 Å². The van der Waals surface area contributed by atoms with Gasteiger partial charge in [-0.05, 0) is 18.8 Å². The third kappa shape index (κ3) is 3.56. The Hall–Kier alpha value is -1.36. The molecule has 5 nitrogen and oxygen atoms in total. The number of hydrogen-bond acceptors (Lipinski definition) is 4. The van der Waals surface area contributed by atoms with E-state index in [0.29, 0.717) is 18.9 Å². The standard InChI is InChI=1S/C12H19N3O2/c13-11(5-10-6-14-8-15-10)12(16)17-7-9-3-1-2-4-9/h6,8-9,11H,1-5,7,13H2,(H,14,15)/t11-/m0/s1. The number of esters is 1. The van der Waals surface area contributed by atoms with E-state index in [9.17, 15) is 4.79 Å². The van der Waals surface area contributed by atoms with Gasteiger partial charge in [0.25, 0.3) is 0 Å². The molecule has 1 aliphatic rings. The van der Waals surface area contributed by atoms with Crippen molar-refractivity contribution >= 4 is 5.97 Å². The van der Waals surface area contributed by atoms with Gasteiger partial charge in [0.05, 0.1) is 12.9 Å². The lowest BCUT2D eigenvalue weighted by molar-refractivity contribution is -0.146. The van der Waals surface area contributed by atoms with Crippen molar-refractivity contribution in [2.24, 2.45) is 11.7 Å². The molecule has 17 heavy (non-hydrogen) atoms. The van der Waals surface area contributed by atoms with Crippen LogP contribution in [0.3, 0.4) is 0 Å². The maximum absolute atomic E-state index is 11.6. The van der Waals surface area contributed by atoms with Crippen LogP contribution in [0.2, 0.25) is 0 Å². The van der Waals surface area contributed by atoms with Crippen LogP contribution in [-0.2, 0) is 16.0 Å². The van der Waals surface area contributed by atoms with Crippen molar-refractivity contribution in [1.82, 2.24) is 9.97 Å². The monoisotopic (exact) mass is 237 g/mol. The highest BCUT2D eigenvalue weighted by atomic mass is 16.5. The summed E-state index contributed by atoms with van der Waals surface area (Å²) in [6, 6.07) is -0.600. The van der Waals surface area contributed by atoms with Crippen LogP contribution in [0.4, 0.5) is 0 Å². The van der Waals surface area contributed by atoms with Crippen molar-refractivity contribution in [2.45, 2.75) is 38.1 Å². The summed E-state index contributed by atoms with van der Waals surface area (Å²) in [5.41, 5.74) is 6.63. The molecule has 0 spiro atoms. The second kappa shape index (κ2) is 5.82. The predicted octanol–water partition coefficient (Wildman–Crippen LogP) is 1.01. The number of nitrogens with zero attached hydrogens (tertiary/aromatic N) is 1. The first kappa shape index (κ1) is 12.1. The quantitative estimate of drug-likeness (QED) is 0.749. The molecule has 0 unspecified atom stereocenters. The zero-order valence-corrected chi connectivity index (χ0v) is 9.89. The molecular weight excluding hydrogens is 218 g/mol. The van der Waals surface area contributed by atoms with E-state index in [4.69, 9.17) is 10.5 Å². The second-order valence-electron chi connectivity index (χ2n) is 4.67. The minimum absolute atomic E-state index is 0.313. The van der Waals surface area contributed by atoms with Gasteiger partial charge >= 0.3 is 5.97 Å². The number of rotatable bonds is 5. The number of hydrogen-bond donors (Lipinski definition) is 2. The molecule has 0 saturated heterocycles. The van der Waals surface area contributed by atoms with Gasteiger partial charge in [-0.1, -0.05) is 12.8 Å². The van der Waals surface area contributed by atoms with Crippen LogP contribution < -0.4 is 5.73 Å². The Morgan fingerprint density at radius 1 is 1.59 bits per heavy atom. The van der Waals surface area contributed by atoms with Gasteiger partial charge in [-0.15, -0.1) is 0 Å². The summed E-state index contributed by atoms with van der Waals surface area (Å²) < 4.78 is 5.24. The molecule has 0 radical (unpaired) electrons. The van der Waals surface area contributed by atoms with Crippen LogP contribution in [0.15, 0.2) is 12.5 Å². The highest BCUT2D eigenvalue weighted by molar-refractivity contribution is 5.75. The molecule has 2 rings (SSSR count). The zero-order valence-electron chi connectivity index (χ0n) is 9.89. The van der Waals surface area contributed by atoms with Crippen LogP contribution in [0.5, 0.6) is 0 Å². The third-order valence-electron chi connectivity index (χ3n) is 3.23. The van der Waals surface area contributed by atoms with Crippen molar-refractivity contribution in [3.63, 3.8) is 0 Å². The number of ether oxygens (including phenoxy) is 1. The van der Waals surface area contributed by atoms with E-state index in [0.717, 1.165) is 5.69 Å². The van der Waals surface area contributed by atoms with E-state index in [1.165, 1.54) is 25.7 Å². The second-order valence-corrected chi connectivity index (χ2v) is 4.67. The van der Waals surface area contributed by atoms with E-state index in [1.807, 2.05) is 0 Å². The fourth-order valence-corrected chi connectivity index (χ4v) is 2.20. The van der Waals surface area contributed by atoms with E-state index in [1.54, 1.807) is 12.5 Å². The Kier molecular flexibility index (Phi) is 4.14. The highest BCUT2D eigenvalue weighted by Crippen LogP contribution is 2.24. The summed E-state index contributed by atoms with van der Waals surface area (Å²) in [6.07, 6.45) is 8.54. The Morgan fingerprint density at radius 3 is 3.00 bits per heavy atom. The summed E-state index contributed by atoms with van der Waals surface area (Å²) >= 11 is 0. The lowest BCUT2D eigenvalue weighted by Crippen LogP contribution is -2.35. The molecule has 0 aromatic carbocycles. The Bertz CT molecular complexity index is 345. The molecule has 3 N–H and O–H groups in total. The van der Waals surface area contributed by atoms with Crippen LogP contribution >= 0.6 is 0 Å². The van der Waals surface area contributed by atoms with Gasteiger partial charge in [-0.3, -0.25) is 4.79 Å². The molecule has 5 heteroatoms. The van der Waals surface area contributed by atoms with Crippen molar-refractivity contribution in [3.8, 4) is 0 Å². The molecule has 0 amide bonds. The molecule has 1 aromatic heterocycles. The first-order valence-electron chi connectivity index (χ1n) is 6.15. The normalized spacial score (nSPS) is 18.2. The molecule has 94 valence electrons. The van der Waals surface area contributed by atoms with Crippen molar-refractivity contribution in [3.05, 3.63) is 18.2 Å². The van der Waals surface area contributed by atoms with Crippen molar-refractivity contribution in [2.75, 3.05) is 6.61 Å². The van der Waals surface area contributed by atoms with E-state index in [-0.39, 0.29) is 5.97 Å². The van der Waals surface area contributed by atoms with E-state index >= 15 is 0 Å². The SMILES string of the molecule is N[C@@H](Cc1cnc[nH]1)C(=O)OCC1CCCC1. The van der Waals surface area contributed by atoms with Crippen LogP contribution in [0.25, 0.3) is 0 Å². The fraction of sp³-hybridized carbons (Fsp3) is 0.667. The molecule has 1 atom stereocenters. The molecule has 1 heterocycles. The number of imidazole rings is 1. The molecule has 1 saturated carbocycles. The molecule has 1 fully saturated rings. The largest absolute Gasteiger partial charge is 0.464 e. The van der Waals surface area contributed by atoms with Gasteiger partial charge in [0, 0.05) is 18.3 Å². The number of nitrogens with two attached hydrogens (primary N) is 1. The zero-order chi connectivity index (χ0) is 12.1. The van der Waals surface area contributed by atoms with Gasteiger partial charge in [0.2, 0.25) is 0 Å². The topological polar surface area (TPSA) is 81.0 Å². The van der Waals surface area contributed by atoms with Gasteiger partial charge < -0.3 is 15.5 Å². The summed E-state index contributed by atoms with van der Waals surface area (Å²) in [7, 11) is 0. The number of aromatic amines is 1. The smallest absolute Gasteiger partial charge is 0.323 e. The number of carbonyl (C=O) groups is 1. The first-order valence-corrected chi connectivity index (χ1v) is 6.15. The first-order chi connectivity index (χ1) is 8.25. The van der Waals surface area contributed by atoms with E-state index < -0.39 is 6.04 Å². The van der Waals surface area contributed by atoms with Crippen molar-refractivity contribution < 1.29 is 9.53 Å². The fourth-order valence-electron chi connectivity index (χ4n) is 2.20. The summed E-state index contributed by atoms with van der Waals surface area (Å²) in [5, 5.41) is 0. The summed E-state index contributed by atoms with van der Waals surface area (Å²) in [5.74, 6) is 0.227. The Morgan fingerprint density at radius 2 is 2.35 bits per heavy atom. The summed E-state index contributed by atoms with van der Waals surface area (Å²) in [6.45, 7) is 0.523. The average Bonchev–Trinajstić information content (AvgIpc) is 2.98. The van der Waals surface area contributed by atoms with Gasteiger partial charge in [-0.2, -0.15) is 0 Å². The van der Waals surface area contributed by atoms with E-state index in [2.05, 4.69) is 9.97 Å². The molecule has 0 aliphatic heterocycles. The van der Waals surface area contributed by atoms with Crippen LogP contribution in [0, 0.1) is 5.92 Å². The Balaban J connectivity index is 1.71. The number of aromatic nitrogens is 2. The van der Waals surface area contributed by atoms with Crippen LogP contribution in [-0.4, -0.2) is 28.6 Å². The average molecular weight is 237 g/mol. The lowest BCUT2D eigenvalue weighted by Gasteiger charge is -2.13. The van der Waals surface area contributed by atoms with Gasteiger partial charge in [0.15, 0.2) is 0 Å². The predicted molar refractivity (Wildman–Crippen MR) is 63.2 cm³/mol.